The summed E-state index contributed by atoms with van der Waals surface area (Å²) in [5.74, 6) is 0.133. The number of aromatic nitrogens is 1. The van der Waals surface area contributed by atoms with Crippen LogP contribution in [0.2, 0.25) is 0 Å². The van der Waals surface area contributed by atoms with Gasteiger partial charge in [-0.15, -0.1) is 0 Å². The van der Waals surface area contributed by atoms with Gasteiger partial charge in [-0.25, -0.2) is 4.57 Å². The van der Waals surface area contributed by atoms with E-state index in [9.17, 15) is 4.79 Å². The molecule has 4 heteroatoms. The molecule has 0 aliphatic rings. The molecular weight excluding hydrogens is 340 g/mol. The van der Waals surface area contributed by atoms with Gasteiger partial charge in [0.05, 0.1) is 0 Å². The molecular formula is C18H23BrN2O. The maximum Gasteiger partial charge on any atom is 0.220 e. The SMILES string of the molecule is Cc1ccc(CNC(=O)CCCC[n+]2ccccc2)cc1.[Br-]. The molecule has 1 aromatic carbocycles. The molecule has 118 valence electrons. The first-order valence-corrected chi connectivity index (χ1v) is 7.50. The van der Waals surface area contributed by atoms with Gasteiger partial charge in [0.25, 0.3) is 0 Å². The van der Waals surface area contributed by atoms with Crippen molar-refractivity contribution in [3.05, 3.63) is 66.0 Å². The highest BCUT2D eigenvalue weighted by atomic mass is 79.9. The number of carbonyl (C=O) groups is 1. The van der Waals surface area contributed by atoms with Crippen molar-refractivity contribution in [1.82, 2.24) is 5.32 Å². The highest BCUT2D eigenvalue weighted by Crippen LogP contribution is 2.03. The Hall–Kier alpha value is -1.68. The Morgan fingerprint density at radius 1 is 1.05 bits per heavy atom. The van der Waals surface area contributed by atoms with E-state index in [1.165, 1.54) is 5.56 Å². The van der Waals surface area contributed by atoms with Gasteiger partial charge in [0.15, 0.2) is 12.4 Å². The zero-order valence-corrected chi connectivity index (χ0v) is 14.6. The zero-order chi connectivity index (χ0) is 14.9. The van der Waals surface area contributed by atoms with Gasteiger partial charge in [-0.1, -0.05) is 35.9 Å². The second-order valence-corrected chi connectivity index (χ2v) is 5.33. The number of pyridine rings is 1. The molecule has 1 heterocycles. The Bertz CT molecular complexity index is 555. The summed E-state index contributed by atoms with van der Waals surface area (Å²) in [5.41, 5.74) is 2.39. The predicted molar refractivity (Wildman–Crippen MR) is 83.5 cm³/mol. The molecule has 0 unspecified atom stereocenters. The van der Waals surface area contributed by atoms with Gasteiger partial charge in [-0.3, -0.25) is 4.79 Å². The second kappa shape index (κ2) is 10.1. The van der Waals surface area contributed by atoms with Crippen LogP contribution in [0.3, 0.4) is 0 Å². The van der Waals surface area contributed by atoms with Crippen molar-refractivity contribution in [2.24, 2.45) is 0 Å². The molecule has 0 fully saturated rings. The molecule has 0 saturated heterocycles. The van der Waals surface area contributed by atoms with Gasteiger partial charge in [-0.2, -0.15) is 0 Å². The quantitative estimate of drug-likeness (QED) is 0.535. The fourth-order valence-corrected chi connectivity index (χ4v) is 2.16. The van der Waals surface area contributed by atoms with Crippen LogP contribution in [0.15, 0.2) is 54.9 Å². The van der Waals surface area contributed by atoms with Crippen molar-refractivity contribution in [1.29, 1.82) is 0 Å². The average Bonchev–Trinajstić information content (AvgIpc) is 2.52. The summed E-state index contributed by atoms with van der Waals surface area (Å²) in [6, 6.07) is 14.3. The Morgan fingerprint density at radius 3 is 2.41 bits per heavy atom. The number of hydrogen-bond acceptors (Lipinski definition) is 1. The monoisotopic (exact) mass is 362 g/mol. The summed E-state index contributed by atoms with van der Waals surface area (Å²) in [7, 11) is 0. The summed E-state index contributed by atoms with van der Waals surface area (Å²) < 4.78 is 2.14. The molecule has 0 radical (unpaired) electrons. The Kier molecular flexibility index (Phi) is 8.44. The molecule has 1 amide bonds. The zero-order valence-electron chi connectivity index (χ0n) is 13.0. The topological polar surface area (TPSA) is 33.0 Å². The number of carbonyl (C=O) groups excluding carboxylic acids is 1. The molecule has 2 rings (SSSR count). The average molecular weight is 363 g/mol. The van der Waals surface area contributed by atoms with Crippen LogP contribution in [0, 0.1) is 6.92 Å². The first-order chi connectivity index (χ1) is 10.2. The van der Waals surface area contributed by atoms with Gasteiger partial charge >= 0.3 is 0 Å². The molecule has 0 aliphatic heterocycles. The van der Waals surface area contributed by atoms with Crippen LogP contribution in [-0.4, -0.2) is 5.91 Å². The maximum atomic E-state index is 11.8. The number of halogens is 1. The van der Waals surface area contributed by atoms with Gasteiger partial charge < -0.3 is 22.3 Å². The first-order valence-electron chi connectivity index (χ1n) is 7.50. The van der Waals surface area contributed by atoms with Gasteiger partial charge in [0.2, 0.25) is 5.91 Å². The summed E-state index contributed by atoms with van der Waals surface area (Å²) in [6.07, 6.45) is 6.64. The number of benzene rings is 1. The van der Waals surface area contributed by atoms with Gasteiger partial charge in [0.1, 0.15) is 6.54 Å². The smallest absolute Gasteiger partial charge is 0.220 e. The van der Waals surface area contributed by atoms with Gasteiger partial charge in [-0.05, 0) is 18.9 Å². The Labute approximate surface area is 143 Å². The third-order valence-corrected chi connectivity index (χ3v) is 3.46. The Morgan fingerprint density at radius 2 is 1.73 bits per heavy atom. The van der Waals surface area contributed by atoms with E-state index in [0.717, 1.165) is 24.9 Å². The van der Waals surface area contributed by atoms with E-state index in [1.807, 2.05) is 18.2 Å². The van der Waals surface area contributed by atoms with Crippen LogP contribution in [0.5, 0.6) is 0 Å². The molecule has 0 atom stereocenters. The number of nitrogens with zero attached hydrogens (tertiary/aromatic N) is 1. The van der Waals surface area contributed by atoms with E-state index >= 15 is 0 Å². The number of unbranched alkanes of at least 4 members (excludes halogenated alkanes) is 1. The summed E-state index contributed by atoms with van der Waals surface area (Å²) >= 11 is 0. The third kappa shape index (κ3) is 6.85. The first kappa shape index (κ1) is 18.4. The lowest BCUT2D eigenvalue weighted by Gasteiger charge is -2.05. The third-order valence-electron chi connectivity index (χ3n) is 3.46. The number of rotatable bonds is 7. The van der Waals surface area contributed by atoms with E-state index in [-0.39, 0.29) is 22.9 Å². The van der Waals surface area contributed by atoms with Crippen LogP contribution >= 0.6 is 0 Å². The standard InChI is InChI=1S/C18H22N2O.BrH/c1-16-8-10-17(11-9-16)15-19-18(21)7-3-6-14-20-12-4-2-5-13-20;/h2,4-5,8-13H,3,6-7,14-15H2,1H3;1H. The maximum absolute atomic E-state index is 11.8. The minimum absolute atomic E-state index is 0. The largest absolute Gasteiger partial charge is 1.00 e. The minimum Gasteiger partial charge on any atom is -1.00 e. The molecule has 0 saturated carbocycles. The van der Waals surface area contributed by atoms with Crippen LogP contribution in [0.4, 0.5) is 0 Å². The highest BCUT2D eigenvalue weighted by molar-refractivity contribution is 5.75. The summed E-state index contributed by atoms with van der Waals surface area (Å²) in [6.45, 7) is 3.64. The van der Waals surface area contributed by atoms with E-state index in [0.29, 0.717) is 13.0 Å². The van der Waals surface area contributed by atoms with Crippen molar-refractivity contribution in [2.45, 2.75) is 39.3 Å². The van der Waals surface area contributed by atoms with Crippen molar-refractivity contribution in [3.8, 4) is 0 Å². The Balaban J connectivity index is 0.00000242. The van der Waals surface area contributed by atoms with Crippen LogP contribution in [-0.2, 0) is 17.9 Å². The van der Waals surface area contributed by atoms with E-state index in [2.05, 4.69) is 53.5 Å². The second-order valence-electron chi connectivity index (χ2n) is 5.33. The lowest BCUT2D eigenvalue weighted by molar-refractivity contribution is -0.697. The fourth-order valence-electron chi connectivity index (χ4n) is 2.16. The van der Waals surface area contributed by atoms with E-state index < -0.39 is 0 Å². The predicted octanol–water partition coefficient (Wildman–Crippen LogP) is -0.227. The summed E-state index contributed by atoms with van der Waals surface area (Å²) in [4.78, 5) is 11.8. The molecule has 1 aromatic heterocycles. The molecule has 0 aliphatic carbocycles. The van der Waals surface area contributed by atoms with Crippen molar-refractivity contribution >= 4 is 5.91 Å². The number of hydrogen-bond donors (Lipinski definition) is 1. The minimum atomic E-state index is 0. The van der Waals surface area contributed by atoms with Gasteiger partial charge in [0, 0.05) is 31.5 Å². The van der Waals surface area contributed by atoms with E-state index in [4.69, 9.17) is 0 Å². The van der Waals surface area contributed by atoms with Crippen LogP contribution in [0.25, 0.3) is 0 Å². The van der Waals surface area contributed by atoms with Crippen molar-refractivity contribution in [2.75, 3.05) is 0 Å². The molecule has 0 bridgehead atoms. The van der Waals surface area contributed by atoms with Crippen LogP contribution < -0.4 is 26.9 Å². The molecule has 1 N–H and O–H groups in total. The van der Waals surface area contributed by atoms with Crippen molar-refractivity contribution < 1.29 is 26.3 Å². The molecule has 22 heavy (non-hydrogen) atoms. The lowest BCUT2D eigenvalue weighted by Crippen LogP contribution is -3.00. The van der Waals surface area contributed by atoms with E-state index in [1.54, 1.807) is 0 Å². The van der Waals surface area contributed by atoms with Crippen molar-refractivity contribution in [3.63, 3.8) is 0 Å². The molecule has 0 spiro atoms. The lowest BCUT2D eigenvalue weighted by atomic mass is 10.1. The number of nitrogens with one attached hydrogen (secondary N) is 1. The van der Waals surface area contributed by atoms with Crippen LogP contribution in [0.1, 0.15) is 30.4 Å². The summed E-state index contributed by atoms with van der Waals surface area (Å²) in [5, 5.41) is 2.97. The fraction of sp³-hybridized carbons (Fsp3) is 0.333. The number of amides is 1. The normalized spacial score (nSPS) is 9.86. The molecule has 3 nitrogen and oxygen atoms in total. The molecule has 2 aromatic rings. The number of aryl methyl sites for hydroxylation is 2. The highest BCUT2D eigenvalue weighted by Gasteiger charge is 2.03.